The fourth-order valence-electron chi connectivity index (χ4n) is 1.27. The number of hydrogen-bond acceptors (Lipinski definition) is 3. The summed E-state index contributed by atoms with van der Waals surface area (Å²) in [5.41, 5.74) is 0.424. The number of imidazole rings is 1. The summed E-state index contributed by atoms with van der Waals surface area (Å²) in [6, 6.07) is 0. The van der Waals surface area contributed by atoms with Crippen LogP contribution in [0.2, 0.25) is 0 Å². The fraction of sp³-hybridized carbons (Fsp3) is 0.500. The predicted molar refractivity (Wildman–Crippen MR) is 62.3 cm³/mol. The minimum Gasteiger partial charge on any atom is -0.458 e. The maximum atomic E-state index is 11.1. The second-order valence-electron chi connectivity index (χ2n) is 3.80. The van der Waals surface area contributed by atoms with E-state index in [2.05, 4.69) is 6.58 Å². The Hall–Kier alpha value is -1.62. The van der Waals surface area contributed by atoms with Gasteiger partial charge in [-0.3, -0.25) is 0 Å². The second kappa shape index (κ2) is 6.85. The maximum Gasteiger partial charge on any atom is 0.333 e. The first kappa shape index (κ1) is 13.4. The van der Waals surface area contributed by atoms with Crippen molar-refractivity contribution in [2.45, 2.75) is 20.0 Å². The monoisotopic (exact) mass is 239 g/mol. The first-order valence-electron chi connectivity index (χ1n) is 5.50. The van der Waals surface area contributed by atoms with Crippen LogP contribution < -0.4 is 4.57 Å². The van der Waals surface area contributed by atoms with Gasteiger partial charge in [0.15, 0.2) is 0 Å². The zero-order valence-electron chi connectivity index (χ0n) is 10.4. The third kappa shape index (κ3) is 4.82. The van der Waals surface area contributed by atoms with Crippen molar-refractivity contribution >= 4 is 5.97 Å². The third-order valence-electron chi connectivity index (χ3n) is 2.23. The van der Waals surface area contributed by atoms with E-state index in [0.717, 1.165) is 6.54 Å². The van der Waals surface area contributed by atoms with E-state index < -0.39 is 0 Å². The topological polar surface area (TPSA) is 44.3 Å². The number of nitrogens with zero attached hydrogens (tertiary/aromatic N) is 2. The summed E-state index contributed by atoms with van der Waals surface area (Å²) in [5, 5.41) is 0. The number of carbonyl (C=O) groups excluding carboxylic acids is 1. The van der Waals surface area contributed by atoms with Crippen molar-refractivity contribution in [1.82, 2.24) is 4.57 Å². The summed E-state index contributed by atoms with van der Waals surface area (Å²) in [5.74, 6) is -0.343. The first-order valence-corrected chi connectivity index (χ1v) is 5.50. The Bertz CT molecular complexity index is 385. The highest BCUT2D eigenvalue weighted by Gasteiger charge is 2.06. The Morgan fingerprint density at radius 2 is 2.24 bits per heavy atom. The van der Waals surface area contributed by atoms with Crippen LogP contribution in [0, 0.1) is 0 Å². The number of ether oxygens (including phenoxy) is 2. The number of esters is 1. The molecule has 17 heavy (non-hydrogen) atoms. The molecule has 0 bridgehead atoms. The van der Waals surface area contributed by atoms with Gasteiger partial charge < -0.3 is 9.47 Å². The summed E-state index contributed by atoms with van der Waals surface area (Å²) in [6.07, 6.45) is 5.84. The van der Waals surface area contributed by atoms with E-state index in [9.17, 15) is 4.79 Å². The molecule has 1 rings (SSSR count). The van der Waals surface area contributed by atoms with Crippen LogP contribution in [-0.2, 0) is 27.4 Å². The highest BCUT2D eigenvalue weighted by Crippen LogP contribution is 1.93. The van der Waals surface area contributed by atoms with Gasteiger partial charge in [0.25, 0.3) is 0 Å². The van der Waals surface area contributed by atoms with Crippen molar-refractivity contribution in [3.63, 3.8) is 0 Å². The van der Waals surface area contributed by atoms with Gasteiger partial charge in [-0.2, -0.15) is 0 Å². The Balaban J connectivity index is 2.29. The molecule has 1 aromatic rings. The van der Waals surface area contributed by atoms with Gasteiger partial charge >= 0.3 is 5.97 Å². The lowest BCUT2D eigenvalue weighted by molar-refractivity contribution is -0.697. The van der Waals surface area contributed by atoms with Crippen molar-refractivity contribution in [2.75, 3.05) is 20.3 Å². The normalized spacial score (nSPS) is 10.2. The molecule has 0 atom stereocenters. The van der Waals surface area contributed by atoms with Crippen LogP contribution in [0.5, 0.6) is 0 Å². The van der Waals surface area contributed by atoms with Crippen molar-refractivity contribution in [3.05, 3.63) is 30.9 Å². The van der Waals surface area contributed by atoms with E-state index in [1.807, 2.05) is 27.9 Å². The minimum absolute atomic E-state index is 0.343. The van der Waals surface area contributed by atoms with E-state index >= 15 is 0 Å². The van der Waals surface area contributed by atoms with Gasteiger partial charge in [-0.25, -0.2) is 13.9 Å². The Kier molecular flexibility index (Phi) is 5.42. The summed E-state index contributed by atoms with van der Waals surface area (Å²) in [6.45, 7) is 7.64. The highest BCUT2D eigenvalue weighted by atomic mass is 16.5. The number of methoxy groups -OCH3 is 1. The molecule has 0 saturated heterocycles. The molecule has 0 radical (unpaired) electrons. The van der Waals surface area contributed by atoms with Crippen LogP contribution in [0.1, 0.15) is 6.92 Å². The quantitative estimate of drug-likeness (QED) is 0.396. The van der Waals surface area contributed by atoms with Gasteiger partial charge in [-0.15, -0.1) is 0 Å². The molecule has 94 valence electrons. The summed E-state index contributed by atoms with van der Waals surface area (Å²) in [7, 11) is 1.68. The van der Waals surface area contributed by atoms with Gasteiger partial charge in [-0.1, -0.05) is 6.58 Å². The van der Waals surface area contributed by atoms with Crippen molar-refractivity contribution < 1.29 is 18.8 Å². The maximum absolute atomic E-state index is 11.1. The number of carbonyl (C=O) groups is 1. The van der Waals surface area contributed by atoms with Gasteiger partial charge in [0.1, 0.15) is 32.1 Å². The zero-order valence-corrected chi connectivity index (χ0v) is 10.4. The smallest absolute Gasteiger partial charge is 0.333 e. The standard InChI is InChI=1S/C12H19N2O3/c1-11(2)12(15)17-9-7-14-5-4-13(10-14)6-8-16-3/h4-5,10H,1,6-9H2,2-3H3/q+1. The van der Waals surface area contributed by atoms with Crippen LogP contribution >= 0.6 is 0 Å². The molecular weight excluding hydrogens is 220 g/mol. The minimum atomic E-state index is -0.343. The van der Waals surface area contributed by atoms with Gasteiger partial charge in [-0.05, 0) is 6.92 Å². The Morgan fingerprint density at radius 3 is 2.88 bits per heavy atom. The number of rotatable bonds is 7. The van der Waals surface area contributed by atoms with E-state index in [1.165, 1.54) is 0 Å². The summed E-state index contributed by atoms with van der Waals surface area (Å²) in [4.78, 5) is 11.1. The zero-order chi connectivity index (χ0) is 12.7. The van der Waals surface area contributed by atoms with Crippen molar-refractivity contribution in [2.24, 2.45) is 0 Å². The highest BCUT2D eigenvalue weighted by molar-refractivity contribution is 5.86. The average Bonchev–Trinajstić information content (AvgIpc) is 2.74. The SMILES string of the molecule is C=C(C)C(=O)OCCn1cc[n+](CCOC)c1. The molecular formula is C12H19N2O3+. The molecule has 0 aliphatic heterocycles. The lowest BCUT2D eigenvalue weighted by atomic mass is 10.4. The van der Waals surface area contributed by atoms with Crippen LogP contribution in [0.15, 0.2) is 30.9 Å². The molecule has 1 heterocycles. The molecule has 0 fully saturated rings. The van der Waals surface area contributed by atoms with E-state index in [0.29, 0.717) is 25.3 Å². The van der Waals surface area contributed by atoms with Gasteiger partial charge in [0.2, 0.25) is 6.33 Å². The molecule has 0 aliphatic rings. The molecule has 0 spiro atoms. The molecule has 0 aromatic carbocycles. The molecule has 0 amide bonds. The first-order chi connectivity index (χ1) is 8.13. The van der Waals surface area contributed by atoms with E-state index in [4.69, 9.17) is 9.47 Å². The average molecular weight is 239 g/mol. The Morgan fingerprint density at radius 1 is 1.47 bits per heavy atom. The summed E-state index contributed by atoms with van der Waals surface area (Å²) < 4.78 is 14.0. The van der Waals surface area contributed by atoms with Crippen LogP contribution in [0.25, 0.3) is 0 Å². The van der Waals surface area contributed by atoms with Crippen molar-refractivity contribution in [1.29, 1.82) is 0 Å². The molecule has 5 heteroatoms. The molecule has 0 unspecified atom stereocenters. The largest absolute Gasteiger partial charge is 0.458 e. The van der Waals surface area contributed by atoms with Crippen LogP contribution in [0.4, 0.5) is 0 Å². The fourth-order valence-corrected chi connectivity index (χ4v) is 1.27. The molecule has 0 saturated carbocycles. The second-order valence-corrected chi connectivity index (χ2v) is 3.80. The van der Waals surface area contributed by atoms with Gasteiger partial charge in [0, 0.05) is 12.7 Å². The predicted octanol–water partition coefficient (Wildman–Crippen LogP) is 0.541. The van der Waals surface area contributed by atoms with Crippen LogP contribution in [-0.4, -0.2) is 30.9 Å². The van der Waals surface area contributed by atoms with Crippen LogP contribution in [0.3, 0.4) is 0 Å². The number of hydrogen-bond donors (Lipinski definition) is 0. The molecule has 0 aliphatic carbocycles. The molecule has 0 N–H and O–H groups in total. The van der Waals surface area contributed by atoms with E-state index in [1.54, 1.807) is 14.0 Å². The lowest BCUT2D eigenvalue weighted by Gasteiger charge is -2.01. The molecule has 1 aromatic heterocycles. The van der Waals surface area contributed by atoms with Crippen molar-refractivity contribution in [3.8, 4) is 0 Å². The van der Waals surface area contributed by atoms with E-state index in [-0.39, 0.29) is 5.97 Å². The number of aromatic nitrogens is 2. The third-order valence-corrected chi connectivity index (χ3v) is 2.23. The molecule has 5 nitrogen and oxygen atoms in total. The lowest BCUT2D eigenvalue weighted by Crippen LogP contribution is -2.33. The summed E-state index contributed by atoms with van der Waals surface area (Å²) >= 11 is 0. The van der Waals surface area contributed by atoms with Gasteiger partial charge in [0.05, 0.1) is 6.61 Å². The Labute approximate surface area is 101 Å².